The molecule has 24 heavy (non-hydrogen) atoms. The molecule has 0 saturated heterocycles. The molecule has 1 heterocycles. The van der Waals surface area contributed by atoms with Gasteiger partial charge in [-0.15, -0.1) is 0 Å². The van der Waals surface area contributed by atoms with Gasteiger partial charge in [-0.05, 0) is 22.9 Å². The van der Waals surface area contributed by atoms with Gasteiger partial charge in [0.25, 0.3) is 0 Å². The van der Waals surface area contributed by atoms with Crippen LogP contribution in [-0.2, 0) is 15.4 Å². The van der Waals surface area contributed by atoms with Crippen LogP contribution < -0.4 is 5.14 Å². The van der Waals surface area contributed by atoms with Crippen molar-refractivity contribution in [3.63, 3.8) is 0 Å². The van der Waals surface area contributed by atoms with Gasteiger partial charge in [0.15, 0.2) is 0 Å². The van der Waals surface area contributed by atoms with Gasteiger partial charge in [0.1, 0.15) is 5.82 Å². The Morgan fingerprint density at radius 2 is 1.71 bits per heavy atom. The Balaban J connectivity index is 2.40. The summed E-state index contributed by atoms with van der Waals surface area (Å²) in [5, 5.41) is 7.16. The number of benzene rings is 2. The number of hydrogen-bond acceptors (Lipinski definition) is 4. The molecule has 0 saturated carbocycles. The largest absolute Gasteiger partial charge is 0.241 e. The van der Waals surface area contributed by atoms with Crippen molar-refractivity contribution in [1.82, 2.24) is 9.97 Å². The standard InChI is InChI=1S/C18H19N3O2S/c1-18(2,3)17-20-11-10-14(21-17)16-13-7-5-4-6-12(13)8-9-15(16)24(19,22)23/h4-11H,1-3H3,(H2,19,22,23). The molecule has 3 rings (SSSR count). The molecule has 0 unspecified atom stereocenters. The Kier molecular flexibility index (Phi) is 3.89. The Morgan fingerprint density at radius 3 is 2.38 bits per heavy atom. The normalized spacial score (nSPS) is 12.5. The number of rotatable bonds is 2. The monoisotopic (exact) mass is 341 g/mol. The van der Waals surface area contributed by atoms with Crippen molar-refractivity contribution in [3.8, 4) is 11.3 Å². The first-order chi connectivity index (χ1) is 11.2. The number of primary sulfonamides is 1. The molecule has 5 nitrogen and oxygen atoms in total. The third kappa shape index (κ3) is 3.02. The SMILES string of the molecule is CC(C)(C)c1nccc(-c2c(S(N)(=O)=O)ccc3ccccc23)n1. The second kappa shape index (κ2) is 5.65. The molecule has 2 N–H and O–H groups in total. The fourth-order valence-electron chi connectivity index (χ4n) is 2.61. The summed E-state index contributed by atoms with van der Waals surface area (Å²) in [5.41, 5.74) is 0.821. The highest BCUT2D eigenvalue weighted by Gasteiger charge is 2.22. The van der Waals surface area contributed by atoms with Gasteiger partial charge in [0.05, 0.1) is 10.6 Å². The zero-order chi connectivity index (χ0) is 17.5. The number of fused-ring (bicyclic) bond motifs is 1. The summed E-state index contributed by atoms with van der Waals surface area (Å²) in [6, 6.07) is 12.6. The van der Waals surface area contributed by atoms with Gasteiger partial charge in [0.2, 0.25) is 10.0 Å². The maximum absolute atomic E-state index is 12.1. The van der Waals surface area contributed by atoms with Gasteiger partial charge in [-0.1, -0.05) is 51.1 Å². The minimum absolute atomic E-state index is 0.0692. The zero-order valence-corrected chi connectivity index (χ0v) is 14.6. The lowest BCUT2D eigenvalue weighted by Gasteiger charge is -2.18. The molecule has 1 aromatic heterocycles. The van der Waals surface area contributed by atoms with E-state index >= 15 is 0 Å². The number of aromatic nitrogens is 2. The molecule has 3 aromatic rings. The molecule has 124 valence electrons. The van der Waals surface area contributed by atoms with Gasteiger partial charge in [0, 0.05) is 17.2 Å². The lowest BCUT2D eigenvalue weighted by Crippen LogP contribution is -2.17. The summed E-state index contributed by atoms with van der Waals surface area (Å²) in [6.45, 7) is 6.03. The maximum Gasteiger partial charge on any atom is 0.238 e. The topological polar surface area (TPSA) is 85.9 Å². The van der Waals surface area contributed by atoms with Crippen molar-refractivity contribution in [2.24, 2.45) is 5.14 Å². The van der Waals surface area contributed by atoms with Gasteiger partial charge < -0.3 is 0 Å². The van der Waals surface area contributed by atoms with Gasteiger partial charge >= 0.3 is 0 Å². The molecule has 0 bridgehead atoms. The van der Waals surface area contributed by atoms with E-state index in [-0.39, 0.29) is 10.3 Å². The van der Waals surface area contributed by atoms with Crippen molar-refractivity contribution in [2.75, 3.05) is 0 Å². The van der Waals surface area contributed by atoms with Crippen molar-refractivity contribution in [1.29, 1.82) is 0 Å². The molecule has 0 fully saturated rings. The molecular formula is C18H19N3O2S. The van der Waals surface area contributed by atoms with Crippen LogP contribution in [0.3, 0.4) is 0 Å². The Hall–Kier alpha value is -2.31. The van der Waals surface area contributed by atoms with E-state index < -0.39 is 10.0 Å². The van der Waals surface area contributed by atoms with Crippen LogP contribution in [0.4, 0.5) is 0 Å². The van der Waals surface area contributed by atoms with Crippen LogP contribution in [-0.4, -0.2) is 18.4 Å². The van der Waals surface area contributed by atoms with E-state index in [2.05, 4.69) is 9.97 Å². The van der Waals surface area contributed by atoms with E-state index in [4.69, 9.17) is 5.14 Å². The second-order valence-corrected chi connectivity index (χ2v) is 8.25. The number of hydrogen-bond donors (Lipinski definition) is 1. The average molecular weight is 341 g/mol. The Bertz CT molecular complexity index is 1020. The molecule has 0 aliphatic carbocycles. The molecular weight excluding hydrogens is 322 g/mol. The molecule has 0 spiro atoms. The van der Waals surface area contributed by atoms with Crippen molar-refractivity contribution >= 4 is 20.8 Å². The van der Waals surface area contributed by atoms with Crippen molar-refractivity contribution < 1.29 is 8.42 Å². The minimum Gasteiger partial charge on any atom is -0.241 e. The van der Waals surface area contributed by atoms with Gasteiger partial charge in [-0.3, -0.25) is 0 Å². The van der Waals surface area contributed by atoms with Crippen LogP contribution in [0.5, 0.6) is 0 Å². The number of sulfonamides is 1. The van der Waals surface area contributed by atoms with E-state index in [9.17, 15) is 8.42 Å². The zero-order valence-electron chi connectivity index (χ0n) is 13.8. The summed E-state index contributed by atoms with van der Waals surface area (Å²) >= 11 is 0. The molecule has 0 aliphatic heterocycles. The summed E-state index contributed by atoms with van der Waals surface area (Å²) in [6.07, 6.45) is 1.65. The predicted molar refractivity (Wildman–Crippen MR) is 95.0 cm³/mol. The number of nitrogens with two attached hydrogens (primary N) is 1. The van der Waals surface area contributed by atoms with Crippen molar-refractivity contribution in [3.05, 3.63) is 54.5 Å². The summed E-state index contributed by atoms with van der Waals surface area (Å²) in [4.78, 5) is 8.99. The molecule has 0 atom stereocenters. The summed E-state index contributed by atoms with van der Waals surface area (Å²) in [5.74, 6) is 0.647. The molecule has 6 heteroatoms. The average Bonchev–Trinajstić information content (AvgIpc) is 2.52. The van der Waals surface area contributed by atoms with Crippen LogP contribution in [0.1, 0.15) is 26.6 Å². The fourth-order valence-corrected chi connectivity index (χ4v) is 3.37. The smallest absolute Gasteiger partial charge is 0.238 e. The quantitative estimate of drug-likeness (QED) is 0.775. The fraction of sp³-hybridized carbons (Fsp3) is 0.222. The first-order valence-corrected chi connectivity index (χ1v) is 9.11. The number of nitrogens with zero attached hydrogens (tertiary/aromatic N) is 2. The molecule has 0 amide bonds. The van der Waals surface area contributed by atoms with Gasteiger partial charge in [-0.25, -0.2) is 23.5 Å². The summed E-state index contributed by atoms with van der Waals surface area (Å²) in [7, 11) is -3.88. The second-order valence-electron chi connectivity index (χ2n) is 6.72. The predicted octanol–water partition coefficient (Wildman–Crippen LogP) is 3.24. The lowest BCUT2D eigenvalue weighted by atomic mass is 9.95. The Labute approximate surface area is 141 Å². The first-order valence-electron chi connectivity index (χ1n) is 7.56. The van der Waals surface area contributed by atoms with Crippen LogP contribution in [0.15, 0.2) is 53.6 Å². The first kappa shape index (κ1) is 16.5. The highest BCUT2D eigenvalue weighted by molar-refractivity contribution is 7.89. The van der Waals surface area contributed by atoms with E-state index in [0.29, 0.717) is 17.1 Å². The van der Waals surface area contributed by atoms with E-state index in [1.807, 2.05) is 45.0 Å². The van der Waals surface area contributed by atoms with Crippen molar-refractivity contribution in [2.45, 2.75) is 31.1 Å². The van der Waals surface area contributed by atoms with E-state index in [1.54, 1.807) is 18.3 Å². The minimum atomic E-state index is -3.88. The third-order valence-corrected chi connectivity index (χ3v) is 4.73. The maximum atomic E-state index is 12.1. The Morgan fingerprint density at radius 1 is 1.00 bits per heavy atom. The molecule has 2 aromatic carbocycles. The van der Waals surface area contributed by atoms with Crippen LogP contribution >= 0.6 is 0 Å². The van der Waals surface area contributed by atoms with Crippen LogP contribution in [0, 0.1) is 0 Å². The summed E-state index contributed by atoms with van der Waals surface area (Å²) < 4.78 is 24.2. The van der Waals surface area contributed by atoms with Crippen LogP contribution in [0.25, 0.3) is 22.0 Å². The molecule has 0 aliphatic rings. The molecule has 0 radical (unpaired) electrons. The van der Waals surface area contributed by atoms with E-state index in [0.717, 1.165) is 10.8 Å². The van der Waals surface area contributed by atoms with Gasteiger partial charge in [-0.2, -0.15) is 0 Å². The highest BCUT2D eigenvalue weighted by atomic mass is 32.2. The third-order valence-electron chi connectivity index (χ3n) is 3.78. The van der Waals surface area contributed by atoms with E-state index in [1.165, 1.54) is 6.07 Å². The lowest BCUT2D eigenvalue weighted by molar-refractivity contribution is 0.546. The highest BCUT2D eigenvalue weighted by Crippen LogP contribution is 2.34. The van der Waals surface area contributed by atoms with Crippen LogP contribution in [0.2, 0.25) is 0 Å².